The minimum Gasteiger partial charge on any atom is -0.436 e. The molecule has 0 unspecified atom stereocenters. The molecular formula is C12H12ClN3O. The lowest BCUT2D eigenvalue weighted by Crippen LogP contribution is -1.96. The molecule has 17 heavy (non-hydrogen) atoms. The monoisotopic (exact) mass is 249 g/mol. The zero-order chi connectivity index (χ0) is 12.4. The molecule has 1 aromatic heterocycles. The molecule has 0 fully saturated rings. The van der Waals surface area contributed by atoms with Crippen LogP contribution in [-0.2, 0) is 0 Å². The van der Waals surface area contributed by atoms with Gasteiger partial charge in [-0.05, 0) is 26.0 Å². The van der Waals surface area contributed by atoms with Gasteiger partial charge in [0, 0.05) is 11.8 Å². The Morgan fingerprint density at radius 1 is 1.24 bits per heavy atom. The highest BCUT2D eigenvalue weighted by Gasteiger charge is 2.06. The molecule has 0 bridgehead atoms. The highest BCUT2D eigenvalue weighted by molar-refractivity contribution is 6.32. The molecule has 0 saturated heterocycles. The summed E-state index contributed by atoms with van der Waals surface area (Å²) in [7, 11) is 0. The summed E-state index contributed by atoms with van der Waals surface area (Å²) < 4.78 is 5.54. The smallest absolute Gasteiger partial charge is 0.238 e. The lowest BCUT2D eigenvalue weighted by atomic mass is 10.3. The Balaban J connectivity index is 2.31. The van der Waals surface area contributed by atoms with Crippen LogP contribution in [0.15, 0.2) is 24.4 Å². The van der Waals surface area contributed by atoms with E-state index in [1.165, 1.54) is 0 Å². The fourth-order valence-electron chi connectivity index (χ4n) is 1.28. The van der Waals surface area contributed by atoms with E-state index in [0.717, 1.165) is 11.4 Å². The molecule has 0 spiro atoms. The van der Waals surface area contributed by atoms with Gasteiger partial charge >= 0.3 is 0 Å². The number of benzene rings is 1. The number of nitrogens with two attached hydrogens (primary N) is 1. The maximum absolute atomic E-state index is 5.99. The maximum Gasteiger partial charge on any atom is 0.238 e. The maximum atomic E-state index is 5.99. The summed E-state index contributed by atoms with van der Waals surface area (Å²) in [5, 5.41) is 0.485. The summed E-state index contributed by atoms with van der Waals surface area (Å²) in [6.45, 7) is 3.76. The third kappa shape index (κ3) is 2.65. The standard InChI is InChI=1S/C12H12ClN3O/c1-7-8(2)16-12(6-15-7)17-11-5-9(14)3-4-10(11)13/h3-6H,14H2,1-2H3. The highest BCUT2D eigenvalue weighted by Crippen LogP contribution is 2.30. The Labute approximate surface area is 104 Å². The number of aryl methyl sites for hydroxylation is 2. The van der Waals surface area contributed by atoms with Crippen LogP contribution in [-0.4, -0.2) is 9.97 Å². The first kappa shape index (κ1) is 11.7. The average Bonchev–Trinajstić information content (AvgIpc) is 2.29. The van der Waals surface area contributed by atoms with E-state index in [4.69, 9.17) is 22.1 Å². The molecule has 88 valence electrons. The molecule has 0 atom stereocenters. The second-order valence-electron chi connectivity index (χ2n) is 3.67. The molecule has 2 rings (SSSR count). The zero-order valence-corrected chi connectivity index (χ0v) is 10.3. The SMILES string of the molecule is Cc1ncc(Oc2cc(N)ccc2Cl)nc1C. The average molecular weight is 250 g/mol. The summed E-state index contributed by atoms with van der Waals surface area (Å²) in [5.41, 5.74) is 7.94. The van der Waals surface area contributed by atoms with Crippen LogP contribution in [0.2, 0.25) is 5.02 Å². The van der Waals surface area contributed by atoms with Crippen molar-refractivity contribution in [2.75, 3.05) is 5.73 Å². The molecule has 0 aliphatic carbocycles. The third-order valence-electron chi connectivity index (χ3n) is 2.34. The van der Waals surface area contributed by atoms with Crippen molar-refractivity contribution in [3.8, 4) is 11.6 Å². The van der Waals surface area contributed by atoms with Crippen LogP contribution in [0.3, 0.4) is 0 Å². The molecule has 0 aliphatic rings. The summed E-state index contributed by atoms with van der Waals surface area (Å²) in [4.78, 5) is 8.42. The van der Waals surface area contributed by atoms with E-state index in [2.05, 4.69) is 9.97 Å². The molecule has 5 heteroatoms. The van der Waals surface area contributed by atoms with Gasteiger partial charge in [0.1, 0.15) is 5.75 Å². The molecule has 1 aromatic carbocycles. The van der Waals surface area contributed by atoms with Crippen LogP contribution in [0, 0.1) is 13.8 Å². The minimum absolute atomic E-state index is 0.403. The van der Waals surface area contributed by atoms with Crippen LogP contribution in [0.4, 0.5) is 5.69 Å². The number of aromatic nitrogens is 2. The van der Waals surface area contributed by atoms with E-state index >= 15 is 0 Å². The van der Waals surface area contributed by atoms with Crippen LogP contribution in [0.1, 0.15) is 11.4 Å². The number of anilines is 1. The predicted octanol–water partition coefficient (Wildman–Crippen LogP) is 3.12. The fraction of sp³-hybridized carbons (Fsp3) is 0.167. The molecule has 1 heterocycles. The van der Waals surface area contributed by atoms with Crippen molar-refractivity contribution in [1.82, 2.24) is 9.97 Å². The van der Waals surface area contributed by atoms with E-state index in [-0.39, 0.29) is 0 Å². The van der Waals surface area contributed by atoms with Gasteiger partial charge in [0.15, 0.2) is 0 Å². The Morgan fingerprint density at radius 3 is 2.71 bits per heavy atom. The number of halogens is 1. The van der Waals surface area contributed by atoms with Gasteiger partial charge in [-0.3, -0.25) is 4.98 Å². The Bertz CT molecular complexity index is 557. The first-order valence-electron chi connectivity index (χ1n) is 5.09. The molecule has 2 aromatic rings. The van der Waals surface area contributed by atoms with E-state index in [1.807, 2.05) is 13.8 Å². The van der Waals surface area contributed by atoms with Crippen molar-refractivity contribution in [3.63, 3.8) is 0 Å². The van der Waals surface area contributed by atoms with Crippen molar-refractivity contribution in [3.05, 3.63) is 40.8 Å². The summed E-state index contributed by atoms with van der Waals surface area (Å²) in [6.07, 6.45) is 1.56. The van der Waals surface area contributed by atoms with Crippen LogP contribution in [0.5, 0.6) is 11.6 Å². The van der Waals surface area contributed by atoms with Crippen molar-refractivity contribution in [2.45, 2.75) is 13.8 Å². The van der Waals surface area contributed by atoms with E-state index in [9.17, 15) is 0 Å². The summed E-state index contributed by atoms with van der Waals surface area (Å²) >= 11 is 5.99. The van der Waals surface area contributed by atoms with Gasteiger partial charge in [0.05, 0.1) is 22.6 Å². The molecule has 0 aliphatic heterocycles. The zero-order valence-electron chi connectivity index (χ0n) is 9.57. The number of rotatable bonds is 2. The summed E-state index contributed by atoms with van der Waals surface area (Å²) in [5.74, 6) is 0.879. The normalized spacial score (nSPS) is 10.3. The van der Waals surface area contributed by atoms with Gasteiger partial charge in [-0.1, -0.05) is 11.6 Å². The molecule has 2 N–H and O–H groups in total. The largest absolute Gasteiger partial charge is 0.436 e. The van der Waals surface area contributed by atoms with Gasteiger partial charge in [-0.25, -0.2) is 4.98 Å². The Morgan fingerprint density at radius 2 is 2.00 bits per heavy atom. The lowest BCUT2D eigenvalue weighted by Gasteiger charge is -2.08. The van der Waals surface area contributed by atoms with Crippen molar-refractivity contribution in [1.29, 1.82) is 0 Å². The predicted molar refractivity (Wildman–Crippen MR) is 67.4 cm³/mol. The first-order valence-corrected chi connectivity index (χ1v) is 5.47. The molecule has 4 nitrogen and oxygen atoms in total. The number of nitrogen functional groups attached to an aromatic ring is 1. The number of hydrogen-bond donors (Lipinski definition) is 1. The molecule has 0 saturated carbocycles. The topological polar surface area (TPSA) is 61.0 Å². The number of ether oxygens (including phenoxy) is 1. The van der Waals surface area contributed by atoms with Crippen LogP contribution >= 0.6 is 11.6 Å². The number of hydrogen-bond acceptors (Lipinski definition) is 4. The lowest BCUT2D eigenvalue weighted by molar-refractivity contribution is 0.458. The van der Waals surface area contributed by atoms with E-state index in [0.29, 0.717) is 22.3 Å². The summed E-state index contributed by atoms with van der Waals surface area (Å²) in [6, 6.07) is 5.04. The second-order valence-corrected chi connectivity index (χ2v) is 4.08. The Hall–Kier alpha value is -1.81. The van der Waals surface area contributed by atoms with E-state index in [1.54, 1.807) is 24.4 Å². The van der Waals surface area contributed by atoms with Crippen LogP contribution in [0.25, 0.3) is 0 Å². The van der Waals surface area contributed by atoms with Crippen molar-refractivity contribution >= 4 is 17.3 Å². The fourth-order valence-corrected chi connectivity index (χ4v) is 1.44. The molecular weight excluding hydrogens is 238 g/mol. The van der Waals surface area contributed by atoms with Gasteiger partial charge in [0.2, 0.25) is 5.88 Å². The Kier molecular flexibility index (Phi) is 3.15. The van der Waals surface area contributed by atoms with Gasteiger partial charge in [-0.15, -0.1) is 0 Å². The molecule has 0 amide bonds. The van der Waals surface area contributed by atoms with Gasteiger partial charge < -0.3 is 10.5 Å². The highest BCUT2D eigenvalue weighted by atomic mass is 35.5. The first-order chi connectivity index (χ1) is 8.06. The second kappa shape index (κ2) is 4.59. The van der Waals surface area contributed by atoms with Crippen LogP contribution < -0.4 is 10.5 Å². The quantitative estimate of drug-likeness (QED) is 0.831. The molecule has 0 radical (unpaired) electrons. The van der Waals surface area contributed by atoms with Crippen molar-refractivity contribution < 1.29 is 4.74 Å². The van der Waals surface area contributed by atoms with Crippen molar-refractivity contribution in [2.24, 2.45) is 0 Å². The van der Waals surface area contributed by atoms with Gasteiger partial charge in [0.25, 0.3) is 0 Å². The van der Waals surface area contributed by atoms with E-state index < -0.39 is 0 Å². The third-order valence-corrected chi connectivity index (χ3v) is 2.65. The minimum atomic E-state index is 0.403. The van der Waals surface area contributed by atoms with Gasteiger partial charge in [-0.2, -0.15) is 0 Å². The number of nitrogens with zero attached hydrogens (tertiary/aromatic N) is 2.